The van der Waals surface area contributed by atoms with Crippen LogP contribution in [0.15, 0.2) is 0 Å². The number of unbranched alkanes of at least 4 members (excludes halogenated alkanes) is 2. The molecule has 17 heavy (non-hydrogen) atoms. The second-order valence-electron chi connectivity index (χ2n) is 5.49. The smallest absolute Gasteiger partial charge is 0.0623 e. The van der Waals surface area contributed by atoms with Gasteiger partial charge in [-0.15, -0.1) is 0 Å². The molecule has 0 amide bonds. The molecule has 1 aliphatic heterocycles. The highest BCUT2D eigenvalue weighted by atomic mass is 16.5. The Morgan fingerprint density at radius 3 is 2.65 bits per heavy atom. The van der Waals surface area contributed by atoms with Crippen molar-refractivity contribution in [2.45, 2.75) is 52.1 Å². The Kier molecular flexibility index (Phi) is 7.09. The molecule has 0 aromatic rings. The minimum Gasteiger partial charge on any atom is -0.379 e. The lowest BCUT2D eigenvalue weighted by Gasteiger charge is -2.30. The zero-order valence-corrected chi connectivity index (χ0v) is 12.0. The maximum atomic E-state index is 5.58. The lowest BCUT2D eigenvalue weighted by atomic mass is 10.0. The highest BCUT2D eigenvalue weighted by Gasteiger charge is 2.28. The van der Waals surface area contributed by atoms with Gasteiger partial charge in [-0.3, -0.25) is 0 Å². The molecule has 0 bridgehead atoms. The summed E-state index contributed by atoms with van der Waals surface area (Å²) in [4.78, 5) is 2.61. The predicted octanol–water partition coefficient (Wildman–Crippen LogP) is 2.12. The van der Waals surface area contributed by atoms with Crippen LogP contribution in [0.4, 0.5) is 0 Å². The fraction of sp³-hybridized carbons (Fsp3) is 1.00. The Bertz CT molecular complexity index is 197. The second-order valence-corrected chi connectivity index (χ2v) is 5.49. The molecule has 0 aliphatic carbocycles. The molecule has 1 N–H and O–H groups in total. The molecule has 102 valence electrons. The molecule has 0 saturated carbocycles. The van der Waals surface area contributed by atoms with Crippen LogP contribution < -0.4 is 5.32 Å². The third-order valence-electron chi connectivity index (χ3n) is 3.82. The van der Waals surface area contributed by atoms with E-state index in [1.807, 2.05) is 7.05 Å². The van der Waals surface area contributed by atoms with Crippen molar-refractivity contribution in [3.8, 4) is 0 Å². The zero-order chi connectivity index (χ0) is 12.7. The van der Waals surface area contributed by atoms with Crippen LogP contribution in [-0.2, 0) is 4.74 Å². The predicted molar refractivity (Wildman–Crippen MR) is 73.4 cm³/mol. The quantitative estimate of drug-likeness (QED) is 0.660. The summed E-state index contributed by atoms with van der Waals surface area (Å²) in [5.74, 6) is 0.657. The highest BCUT2D eigenvalue weighted by molar-refractivity contribution is 4.83. The van der Waals surface area contributed by atoms with E-state index in [1.54, 1.807) is 0 Å². The first-order valence-corrected chi connectivity index (χ1v) is 7.18. The summed E-state index contributed by atoms with van der Waals surface area (Å²) < 4.78 is 5.58. The molecule has 0 aromatic carbocycles. The van der Waals surface area contributed by atoms with Gasteiger partial charge in [-0.25, -0.2) is 0 Å². The van der Waals surface area contributed by atoms with Crippen molar-refractivity contribution in [3.63, 3.8) is 0 Å². The van der Waals surface area contributed by atoms with Crippen LogP contribution in [0.3, 0.4) is 0 Å². The molecule has 0 aromatic heterocycles. The summed E-state index contributed by atoms with van der Waals surface area (Å²) in [6, 6.07) is 1.19. The number of rotatable bonds is 8. The van der Waals surface area contributed by atoms with Gasteiger partial charge in [-0.1, -0.05) is 19.8 Å². The number of likely N-dealkylation sites (N-methyl/N-ethyl adjacent to an activating group) is 1. The maximum absolute atomic E-state index is 5.58. The van der Waals surface area contributed by atoms with Gasteiger partial charge >= 0.3 is 0 Å². The Morgan fingerprint density at radius 2 is 2.06 bits per heavy atom. The first-order chi connectivity index (χ1) is 8.19. The average molecular weight is 242 g/mol. The Hall–Kier alpha value is -0.120. The van der Waals surface area contributed by atoms with Gasteiger partial charge in [0, 0.05) is 24.5 Å². The number of nitrogens with one attached hydrogen (secondary N) is 1. The molecule has 0 radical (unpaired) electrons. The van der Waals surface area contributed by atoms with Gasteiger partial charge in [-0.05, 0) is 33.9 Å². The number of ether oxygens (including phenoxy) is 1. The molecule has 2 unspecified atom stereocenters. The summed E-state index contributed by atoms with van der Waals surface area (Å²) in [6.07, 6.45) is 3.98. The van der Waals surface area contributed by atoms with E-state index in [-0.39, 0.29) is 0 Å². The minimum absolute atomic E-state index is 0.544. The van der Waals surface area contributed by atoms with Crippen LogP contribution in [0.25, 0.3) is 0 Å². The molecular weight excluding hydrogens is 212 g/mol. The van der Waals surface area contributed by atoms with Gasteiger partial charge in [0.05, 0.1) is 13.2 Å². The zero-order valence-electron chi connectivity index (χ0n) is 12.0. The van der Waals surface area contributed by atoms with Gasteiger partial charge in [0.1, 0.15) is 0 Å². The van der Waals surface area contributed by atoms with E-state index in [0.29, 0.717) is 18.0 Å². The largest absolute Gasteiger partial charge is 0.379 e. The SMILES string of the molecule is CCCCCN(CC1COCC1NC)C(C)C. The van der Waals surface area contributed by atoms with Crippen molar-refractivity contribution in [3.05, 3.63) is 0 Å². The lowest BCUT2D eigenvalue weighted by molar-refractivity contribution is 0.150. The summed E-state index contributed by atoms with van der Waals surface area (Å²) >= 11 is 0. The fourth-order valence-electron chi connectivity index (χ4n) is 2.52. The fourth-order valence-corrected chi connectivity index (χ4v) is 2.52. The van der Waals surface area contributed by atoms with Crippen molar-refractivity contribution >= 4 is 0 Å². The summed E-state index contributed by atoms with van der Waals surface area (Å²) in [5, 5.41) is 3.37. The number of nitrogens with zero attached hydrogens (tertiary/aromatic N) is 1. The van der Waals surface area contributed by atoms with Crippen LogP contribution in [0, 0.1) is 5.92 Å². The average Bonchev–Trinajstić information content (AvgIpc) is 2.75. The Morgan fingerprint density at radius 1 is 1.29 bits per heavy atom. The van der Waals surface area contributed by atoms with Gasteiger partial charge in [0.15, 0.2) is 0 Å². The standard InChI is InChI=1S/C14H30N2O/c1-5-6-7-8-16(12(2)3)9-13-10-17-11-14(13)15-4/h12-15H,5-11H2,1-4H3. The molecule has 1 aliphatic rings. The topological polar surface area (TPSA) is 24.5 Å². The molecule has 1 rings (SSSR count). The Balaban J connectivity index is 2.37. The van der Waals surface area contributed by atoms with Crippen LogP contribution in [0.1, 0.15) is 40.0 Å². The third kappa shape index (κ3) is 4.94. The van der Waals surface area contributed by atoms with E-state index in [0.717, 1.165) is 13.2 Å². The van der Waals surface area contributed by atoms with E-state index in [2.05, 4.69) is 31.0 Å². The van der Waals surface area contributed by atoms with E-state index in [1.165, 1.54) is 32.4 Å². The van der Waals surface area contributed by atoms with Gasteiger partial charge < -0.3 is 15.0 Å². The van der Waals surface area contributed by atoms with Crippen LogP contribution in [0.5, 0.6) is 0 Å². The van der Waals surface area contributed by atoms with Crippen molar-refractivity contribution in [1.82, 2.24) is 10.2 Å². The molecular formula is C14H30N2O. The molecule has 0 spiro atoms. The molecule has 3 nitrogen and oxygen atoms in total. The van der Waals surface area contributed by atoms with E-state index < -0.39 is 0 Å². The monoisotopic (exact) mass is 242 g/mol. The molecule has 1 saturated heterocycles. The van der Waals surface area contributed by atoms with Crippen LogP contribution >= 0.6 is 0 Å². The maximum Gasteiger partial charge on any atom is 0.0623 e. The van der Waals surface area contributed by atoms with E-state index >= 15 is 0 Å². The summed E-state index contributed by atoms with van der Waals surface area (Å²) in [6.45, 7) is 11.1. The third-order valence-corrected chi connectivity index (χ3v) is 3.82. The van der Waals surface area contributed by atoms with Gasteiger partial charge in [0.2, 0.25) is 0 Å². The van der Waals surface area contributed by atoms with Crippen molar-refractivity contribution in [1.29, 1.82) is 0 Å². The minimum atomic E-state index is 0.544. The van der Waals surface area contributed by atoms with E-state index in [9.17, 15) is 0 Å². The number of hydrogen-bond acceptors (Lipinski definition) is 3. The van der Waals surface area contributed by atoms with Crippen molar-refractivity contribution < 1.29 is 4.74 Å². The normalized spacial score (nSPS) is 25.1. The van der Waals surface area contributed by atoms with E-state index in [4.69, 9.17) is 4.74 Å². The first kappa shape index (κ1) is 14.9. The first-order valence-electron chi connectivity index (χ1n) is 7.18. The van der Waals surface area contributed by atoms with Gasteiger partial charge in [-0.2, -0.15) is 0 Å². The van der Waals surface area contributed by atoms with Crippen LogP contribution in [-0.4, -0.2) is 50.3 Å². The Labute approximate surface area is 107 Å². The molecule has 3 heteroatoms. The van der Waals surface area contributed by atoms with Crippen molar-refractivity contribution in [2.75, 3.05) is 33.4 Å². The van der Waals surface area contributed by atoms with Gasteiger partial charge in [0.25, 0.3) is 0 Å². The summed E-state index contributed by atoms with van der Waals surface area (Å²) in [7, 11) is 2.04. The second kappa shape index (κ2) is 8.06. The highest BCUT2D eigenvalue weighted by Crippen LogP contribution is 2.17. The molecule has 1 fully saturated rings. The number of hydrogen-bond donors (Lipinski definition) is 1. The summed E-state index contributed by atoms with van der Waals surface area (Å²) in [5.41, 5.74) is 0. The molecule has 1 heterocycles. The van der Waals surface area contributed by atoms with Crippen molar-refractivity contribution in [2.24, 2.45) is 5.92 Å². The molecule has 2 atom stereocenters. The lowest BCUT2D eigenvalue weighted by Crippen LogP contribution is -2.43. The van der Waals surface area contributed by atoms with Crippen LogP contribution in [0.2, 0.25) is 0 Å².